The number of carbonyl (C=O) groups is 1. The molecule has 2 unspecified atom stereocenters. The number of thiophene rings is 1. The molecule has 39 heavy (non-hydrogen) atoms. The van der Waals surface area contributed by atoms with Gasteiger partial charge in [-0.05, 0) is 74.6 Å². The van der Waals surface area contributed by atoms with Crippen molar-refractivity contribution in [3.8, 4) is 11.8 Å². The van der Waals surface area contributed by atoms with Crippen molar-refractivity contribution in [1.82, 2.24) is 14.8 Å². The van der Waals surface area contributed by atoms with Gasteiger partial charge in [-0.3, -0.25) is 4.79 Å². The van der Waals surface area contributed by atoms with Crippen LogP contribution < -0.4 is 10.1 Å². The fourth-order valence-electron chi connectivity index (χ4n) is 4.99. The van der Waals surface area contributed by atoms with Crippen molar-refractivity contribution in [2.45, 2.75) is 85.0 Å². The number of ether oxygens (including phenoxy) is 1. The molecular weight excluding hydrogens is 550 g/mol. The Morgan fingerprint density at radius 3 is 2.85 bits per heavy atom. The zero-order valence-electron chi connectivity index (χ0n) is 23.4. The summed E-state index contributed by atoms with van der Waals surface area (Å²) in [6.07, 6.45) is 3.69. The largest absolute Gasteiger partial charge is 0.481 e. The Morgan fingerprint density at radius 2 is 2.15 bits per heavy atom. The molecule has 0 radical (unpaired) electrons. The number of hydrogen-bond acceptors (Lipinski definition) is 7. The molecule has 0 saturated carbocycles. The van der Waals surface area contributed by atoms with Crippen molar-refractivity contribution in [1.29, 1.82) is 5.26 Å². The van der Waals surface area contributed by atoms with Gasteiger partial charge in [-0.25, -0.2) is 0 Å². The third-order valence-corrected chi connectivity index (χ3v) is 10.2. The topological polar surface area (TPSA) is 92.8 Å². The van der Waals surface area contributed by atoms with Crippen LogP contribution in [0.25, 0.3) is 0 Å². The fourth-order valence-corrected chi connectivity index (χ4v) is 7.26. The van der Waals surface area contributed by atoms with Gasteiger partial charge >= 0.3 is 0 Å². The molecule has 10 heteroatoms. The molecule has 0 aliphatic heterocycles. The molecule has 2 heterocycles. The average molecular weight is 586 g/mol. The zero-order valence-corrected chi connectivity index (χ0v) is 25.8. The zero-order chi connectivity index (χ0) is 28.3. The van der Waals surface area contributed by atoms with Gasteiger partial charge in [-0.15, -0.1) is 21.5 Å². The summed E-state index contributed by atoms with van der Waals surface area (Å²) >= 11 is 9.19. The molecule has 1 aliphatic carbocycles. The lowest BCUT2D eigenvalue weighted by Gasteiger charge is -2.36. The molecule has 7 nitrogen and oxygen atoms in total. The van der Waals surface area contributed by atoms with Crippen LogP contribution in [0.2, 0.25) is 5.02 Å². The van der Waals surface area contributed by atoms with Crippen LogP contribution in [-0.2, 0) is 24.2 Å². The lowest BCUT2D eigenvalue weighted by atomic mass is 9.69. The summed E-state index contributed by atoms with van der Waals surface area (Å²) in [6, 6.07) is 8.00. The average Bonchev–Trinajstić information content (AvgIpc) is 3.49. The monoisotopic (exact) mass is 585 g/mol. The third kappa shape index (κ3) is 6.45. The van der Waals surface area contributed by atoms with Gasteiger partial charge in [0.2, 0.25) is 5.91 Å². The summed E-state index contributed by atoms with van der Waals surface area (Å²) in [5.41, 5.74) is 3.06. The van der Waals surface area contributed by atoms with Crippen LogP contribution in [0, 0.1) is 29.6 Å². The normalized spacial score (nSPS) is 15.9. The molecule has 3 aromatic rings. The van der Waals surface area contributed by atoms with Crippen molar-refractivity contribution in [2.24, 2.45) is 11.3 Å². The number of carbonyl (C=O) groups excluding carboxylic acids is 1. The van der Waals surface area contributed by atoms with Crippen LogP contribution in [0.5, 0.6) is 5.75 Å². The predicted molar refractivity (Wildman–Crippen MR) is 159 cm³/mol. The van der Waals surface area contributed by atoms with Crippen LogP contribution in [0.1, 0.15) is 81.0 Å². The number of aromatic nitrogens is 3. The molecule has 0 fully saturated rings. The molecule has 0 spiro atoms. The number of nitrogens with zero attached hydrogens (tertiary/aromatic N) is 4. The minimum atomic E-state index is -0.378. The van der Waals surface area contributed by atoms with Crippen molar-refractivity contribution in [3.05, 3.63) is 50.6 Å². The van der Waals surface area contributed by atoms with Crippen LogP contribution >= 0.6 is 34.7 Å². The van der Waals surface area contributed by atoms with Crippen molar-refractivity contribution >= 4 is 45.6 Å². The second-order valence-corrected chi connectivity index (χ2v) is 13.2. The summed E-state index contributed by atoms with van der Waals surface area (Å²) in [4.78, 5) is 14.2. The summed E-state index contributed by atoms with van der Waals surface area (Å²) in [5, 5.41) is 23.4. The van der Waals surface area contributed by atoms with E-state index in [2.05, 4.69) is 42.4 Å². The highest BCUT2D eigenvalue weighted by atomic mass is 35.5. The van der Waals surface area contributed by atoms with Gasteiger partial charge in [0, 0.05) is 11.4 Å². The molecular formula is C29H36ClN5O2S2. The van der Waals surface area contributed by atoms with E-state index in [0.717, 1.165) is 36.8 Å². The van der Waals surface area contributed by atoms with E-state index in [1.165, 1.54) is 16.6 Å². The first kappa shape index (κ1) is 29.4. The number of nitriles is 1. The Morgan fingerprint density at radius 1 is 1.38 bits per heavy atom. The molecule has 2 aromatic heterocycles. The second kappa shape index (κ2) is 12.3. The molecule has 1 aliphatic rings. The first-order valence-electron chi connectivity index (χ1n) is 13.4. The summed E-state index contributed by atoms with van der Waals surface area (Å²) < 4.78 is 8.05. The molecule has 0 saturated heterocycles. The summed E-state index contributed by atoms with van der Waals surface area (Å²) in [6.45, 7) is 13.4. The summed E-state index contributed by atoms with van der Waals surface area (Å²) in [7, 11) is 0. The Balaban J connectivity index is 1.42. The minimum Gasteiger partial charge on any atom is -0.481 e. The van der Waals surface area contributed by atoms with Gasteiger partial charge in [0.25, 0.3) is 0 Å². The van der Waals surface area contributed by atoms with E-state index in [0.29, 0.717) is 44.8 Å². The quantitative estimate of drug-likeness (QED) is 0.246. The number of benzene rings is 1. The molecule has 0 bridgehead atoms. The van der Waals surface area contributed by atoms with Crippen LogP contribution in [0.15, 0.2) is 23.4 Å². The Hall–Kier alpha value is -2.54. The van der Waals surface area contributed by atoms with E-state index in [9.17, 15) is 10.1 Å². The molecule has 1 amide bonds. The van der Waals surface area contributed by atoms with Gasteiger partial charge < -0.3 is 14.6 Å². The summed E-state index contributed by atoms with van der Waals surface area (Å²) in [5.74, 6) is 1.85. The number of fused-ring (bicyclic) bond motifs is 1. The minimum absolute atomic E-state index is 0.163. The Labute approximate surface area is 244 Å². The van der Waals surface area contributed by atoms with Gasteiger partial charge in [0.1, 0.15) is 16.8 Å². The highest BCUT2D eigenvalue weighted by molar-refractivity contribution is 7.99. The van der Waals surface area contributed by atoms with E-state index in [4.69, 9.17) is 16.3 Å². The van der Waals surface area contributed by atoms with E-state index in [1.807, 2.05) is 43.5 Å². The number of anilines is 1. The van der Waals surface area contributed by atoms with Crippen LogP contribution in [-0.4, -0.2) is 26.4 Å². The fraction of sp³-hybridized carbons (Fsp3) is 0.517. The molecule has 208 valence electrons. The van der Waals surface area contributed by atoms with Crippen molar-refractivity contribution in [3.63, 3.8) is 0 Å². The highest BCUT2D eigenvalue weighted by Crippen LogP contribution is 2.45. The van der Waals surface area contributed by atoms with Gasteiger partial charge in [-0.1, -0.05) is 56.6 Å². The number of hydrogen-bond donors (Lipinski definition) is 1. The molecule has 4 rings (SSSR count). The highest BCUT2D eigenvalue weighted by Gasteiger charge is 2.34. The standard InChI is InChI=1S/C29H36ClN5O2S2/c1-7-29(5,6)19-10-11-20-21(15-31)27(39-24(20)14-19)32-25(36)16-38-28-34-33-26(35(28)8-2)18(4)37-23-13-17(3)9-12-22(23)30/h9,12-13,18-19H,7-8,10-11,14,16H2,1-6H3,(H,32,36). The van der Waals surface area contributed by atoms with Crippen LogP contribution in [0.3, 0.4) is 0 Å². The second-order valence-electron chi connectivity index (χ2n) is 10.7. The maximum Gasteiger partial charge on any atom is 0.235 e. The first-order valence-corrected chi connectivity index (χ1v) is 15.6. The van der Waals surface area contributed by atoms with E-state index in [-0.39, 0.29) is 23.2 Å². The number of aryl methyl sites for hydroxylation is 1. The molecule has 1 aromatic carbocycles. The number of halogens is 1. The Bertz CT molecular complexity index is 1390. The Kier molecular flexibility index (Phi) is 9.30. The van der Waals surface area contributed by atoms with Crippen LogP contribution in [0.4, 0.5) is 5.00 Å². The number of nitrogens with one attached hydrogen (secondary N) is 1. The lowest BCUT2D eigenvalue weighted by molar-refractivity contribution is -0.113. The van der Waals surface area contributed by atoms with E-state index in [1.54, 1.807) is 11.3 Å². The number of rotatable bonds is 10. The van der Waals surface area contributed by atoms with Gasteiger partial charge in [0.05, 0.1) is 16.3 Å². The SMILES string of the molecule is CCn1c(SCC(=O)Nc2sc3c(c2C#N)CCC(C(C)(C)CC)C3)nnc1C(C)Oc1cc(C)ccc1Cl. The number of amides is 1. The van der Waals surface area contributed by atoms with E-state index >= 15 is 0 Å². The smallest absolute Gasteiger partial charge is 0.235 e. The third-order valence-electron chi connectivity index (χ3n) is 7.79. The maximum atomic E-state index is 13.0. The van der Waals surface area contributed by atoms with Gasteiger partial charge in [-0.2, -0.15) is 5.26 Å². The molecule has 1 N–H and O–H groups in total. The van der Waals surface area contributed by atoms with Gasteiger partial charge in [0.15, 0.2) is 17.1 Å². The number of thioether (sulfide) groups is 1. The molecule has 2 atom stereocenters. The maximum absolute atomic E-state index is 13.0. The predicted octanol–water partition coefficient (Wildman–Crippen LogP) is 7.60. The lowest BCUT2D eigenvalue weighted by Crippen LogP contribution is -2.28. The van der Waals surface area contributed by atoms with Crippen molar-refractivity contribution in [2.75, 3.05) is 11.1 Å². The van der Waals surface area contributed by atoms with E-state index < -0.39 is 0 Å². The van der Waals surface area contributed by atoms with Crippen molar-refractivity contribution < 1.29 is 9.53 Å². The first-order chi connectivity index (χ1) is 18.6.